The van der Waals surface area contributed by atoms with Gasteiger partial charge in [0, 0.05) is 23.8 Å². The largest absolute Gasteiger partial charge is 0.391 e. The highest BCUT2D eigenvalue weighted by Gasteiger charge is 2.19. The molecule has 0 aliphatic carbocycles. The van der Waals surface area contributed by atoms with E-state index in [9.17, 15) is 5.11 Å². The molecule has 1 aliphatic heterocycles. The maximum atomic E-state index is 9.55. The van der Waals surface area contributed by atoms with Gasteiger partial charge in [-0.3, -0.25) is 4.98 Å². The Kier molecular flexibility index (Phi) is 3.03. The molecule has 14 heavy (non-hydrogen) atoms. The topological polar surface area (TPSA) is 36.4 Å². The fraction of sp³-hybridized carbons (Fsp3) is 0.500. The number of anilines is 1. The van der Waals surface area contributed by atoms with Crippen molar-refractivity contribution in [3.05, 3.63) is 22.9 Å². The van der Waals surface area contributed by atoms with Crippen LogP contribution in [0.4, 0.5) is 5.69 Å². The van der Waals surface area contributed by atoms with E-state index in [-0.39, 0.29) is 6.10 Å². The van der Waals surface area contributed by atoms with Crippen molar-refractivity contribution in [2.45, 2.75) is 18.9 Å². The molecular weight excluding hydrogens is 244 g/mol. The summed E-state index contributed by atoms with van der Waals surface area (Å²) in [6.45, 7) is 1.71. The Morgan fingerprint density at radius 1 is 1.57 bits per heavy atom. The SMILES string of the molecule is OC1CCCN(c2cnccc2Br)C1. The molecule has 1 aromatic heterocycles. The molecule has 1 aromatic rings. The molecule has 0 amide bonds. The highest BCUT2D eigenvalue weighted by molar-refractivity contribution is 9.10. The number of halogens is 1. The van der Waals surface area contributed by atoms with Crippen LogP contribution in [0.3, 0.4) is 0 Å². The number of aromatic nitrogens is 1. The van der Waals surface area contributed by atoms with Gasteiger partial charge in [-0.2, -0.15) is 0 Å². The standard InChI is InChI=1S/C10H13BrN2O/c11-9-3-4-12-6-10(9)13-5-1-2-8(14)7-13/h3-4,6,8,14H,1-2,5,7H2. The van der Waals surface area contributed by atoms with E-state index in [2.05, 4.69) is 25.8 Å². The first-order valence-corrected chi connectivity index (χ1v) is 5.59. The molecule has 4 heteroatoms. The summed E-state index contributed by atoms with van der Waals surface area (Å²) < 4.78 is 1.04. The second-order valence-corrected chi connectivity index (χ2v) is 4.42. The molecule has 2 heterocycles. The van der Waals surface area contributed by atoms with E-state index in [0.717, 1.165) is 29.5 Å². The van der Waals surface area contributed by atoms with Crippen molar-refractivity contribution in [3.63, 3.8) is 0 Å². The Morgan fingerprint density at radius 3 is 3.14 bits per heavy atom. The first-order chi connectivity index (χ1) is 6.77. The fourth-order valence-corrected chi connectivity index (χ4v) is 2.25. The minimum atomic E-state index is -0.198. The summed E-state index contributed by atoms with van der Waals surface area (Å²) in [5, 5.41) is 9.55. The summed E-state index contributed by atoms with van der Waals surface area (Å²) in [6.07, 6.45) is 5.35. The summed E-state index contributed by atoms with van der Waals surface area (Å²) >= 11 is 3.49. The van der Waals surface area contributed by atoms with Gasteiger partial charge in [-0.05, 0) is 34.8 Å². The van der Waals surface area contributed by atoms with Crippen LogP contribution in [0.25, 0.3) is 0 Å². The smallest absolute Gasteiger partial charge is 0.0715 e. The van der Waals surface area contributed by atoms with Crippen LogP contribution in [0.2, 0.25) is 0 Å². The van der Waals surface area contributed by atoms with Gasteiger partial charge in [0.2, 0.25) is 0 Å². The number of aliphatic hydroxyl groups excluding tert-OH is 1. The molecule has 0 radical (unpaired) electrons. The molecule has 0 aromatic carbocycles. The molecule has 0 spiro atoms. The molecule has 76 valence electrons. The van der Waals surface area contributed by atoms with Crippen LogP contribution in [0.15, 0.2) is 22.9 Å². The van der Waals surface area contributed by atoms with Gasteiger partial charge in [-0.25, -0.2) is 0 Å². The number of nitrogens with zero attached hydrogens (tertiary/aromatic N) is 2. The van der Waals surface area contributed by atoms with E-state index in [0.29, 0.717) is 6.54 Å². The number of β-amino-alcohol motifs (C(OH)–C–C–N with tert-alkyl or cyclic N) is 1. The number of rotatable bonds is 1. The summed E-state index contributed by atoms with van der Waals surface area (Å²) in [7, 11) is 0. The molecular formula is C10H13BrN2O. The second-order valence-electron chi connectivity index (χ2n) is 3.57. The average molecular weight is 257 g/mol. The zero-order valence-corrected chi connectivity index (χ0v) is 9.44. The normalized spacial score (nSPS) is 22.4. The molecule has 2 rings (SSSR count). The van der Waals surface area contributed by atoms with Crippen LogP contribution in [0.5, 0.6) is 0 Å². The van der Waals surface area contributed by atoms with Crippen LogP contribution in [-0.2, 0) is 0 Å². The molecule has 3 nitrogen and oxygen atoms in total. The van der Waals surface area contributed by atoms with E-state index >= 15 is 0 Å². The molecule has 1 fully saturated rings. The molecule has 1 atom stereocenters. The lowest BCUT2D eigenvalue weighted by Crippen LogP contribution is -2.38. The Morgan fingerprint density at radius 2 is 2.43 bits per heavy atom. The number of pyridine rings is 1. The van der Waals surface area contributed by atoms with E-state index in [4.69, 9.17) is 0 Å². The molecule has 1 saturated heterocycles. The minimum Gasteiger partial charge on any atom is -0.391 e. The first kappa shape index (κ1) is 9.93. The zero-order valence-electron chi connectivity index (χ0n) is 7.86. The van der Waals surface area contributed by atoms with Crippen molar-refractivity contribution in [2.24, 2.45) is 0 Å². The highest BCUT2D eigenvalue weighted by Crippen LogP contribution is 2.27. The van der Waals surface area contributed by atoms with Gasteiger partial charge in [-0.15, -0.1) is 0 Å². The van der Waals surface area contributed by atoms with Crippen molar-refractivity contribution >= 4 is 21.6 Å². The third-order valence-corrected chi connectivity index (χ3v) is 3.16. The average Bonchev–Trinajstić information content (AvgIpc) is 2.18. The van der Waals surface area contributed by atoms with Crippen molar-refractivity contribution < 1.29 is 5.11 Å². The van der Waals surface area contributed by atoms with Crippen molar-refractivity contribution in [1.82, 2.24) is 4.98 Å². The summed E-state index contributed by atoms with van der Waals surface area (Å²) in [6, 6.07) is 1.93. The first-order valence-electron chi connectivity index (χ1n) is 4.80. The quantitative estimate of drug-likeness (QED) is 0.833. The third-order valence-electron chi connectivity index (χ3n) is 2.49. The number of aliphatic hydroxyl groups is 1. The molecule has 1 unspecified atom stereocenters. The molecule has 0 bridgehead atoms. The van der Waals surface area contributed by atoms with Gasteiger partial charge in [0.15, 0.2) is 0 Å². The summed E-state index contributed by atoms with van der Waals surface area (Å²) in [5.41, 5.74) is 1.08. The van der Waals surface area contributed by atoms with Gasteiger partial charge in [0.1, 0.15) is 0 Å². The maximum Gasteiger partial charge on any atom is 0.0715 e. The van der Waals surface area contributed by atoms with Crippen molar-refractivity contribution in [3.8, 4) is 0 Å². The fourth-order valence-electron chi connectivity index (χ4n) is 1.78. The highest BCUT2D eigenvalue weighted by atomic mass is 79.9. The van der Waals surface area contributed by atoms with Crippen LogP contribution >= 0.6 is 15.9 Å². The van der Waals surface area contributed by atoms with Crippen LogP contribution in [0, 0.1) is 0 Å². The monoisotopic (exact) mass is 256 g/mol. The molecule has 1 aliphatic rings. The zero-order chi connectivity index (χ0) is 9.97. The van der Waals surface area contributed by atoms with Gasteiger partial charge in [0.05, 0.1) is 18.0 Å². The minimum absolute atomic E-state index is 0.198. The summed E-state index contributed by atoms with van der Waals surface area (Å²) in [5.74, 6) is 0. The number of hydrogen-bond acceptors (Lipinski definition) is 3. The van der Waals surface area contributed by atoms with Crippen LogP contribution in [0.1, 0.15) is 12.8 Å². The molecule has 1 N–H and O–H groups in total. The maximum absolute atomic E-state index is 9.55. The second kappa shape index (κ2) is 4.28. The van der Waals surface area contributed by atoms with E-state index < -0.39 is 0 Å². The van der Waals surface area contributed by atoms with Gasteiger partial charge in [-0.1, -0.05) is 0 Å². The predicted octanol–water partition coefficient (Wildman–Crippen LogP) is 1.81. The predicted molar refractivity (Wildman–Crippen MR) is 59.4 cm³/mol. The Balaban J connectivity index is 2.18. The van der Waals surface area contributed by atoms with Crippen LogP contribution < -0.4 is 4.90 Å². The Labute approximate surface area is 91.9 Å². The lowest BCUT2D eigenvalue weighted by Gasteiger charge is -2.32. The third kappa shape index (κ3) is 2.07. The number of hydrogen-bond donors (Lipinski definition) is 1. The Bertz CT molecular complexity index is 319. The Hall–Kier alpha value is -0.610. The van der Waals surface area contributed by atoms with E-state index in [1.807, 2.05) is 12.3 Å². The van der Waals surface area contributed by atoms with Gasteiger partial charge >= 0.3 is 0 Å². The van der Waals surface area contributed by atoms with Crippen molar-refractivity contribution in [2.75, 3.05) is 18.0 Å². The van der Waals surface area contributed by atoms with E-state index in [1.54, 1.807) is 6.20 Å². The van der Waals surface area contributed by atoms with Gasteiger partial charge < -0.3 is 10.0 Å². The van der Waals surface area contributed by atoms with E-state index in [1.165, 1.54) is 0 Å². The molecule has 0 saturated carbocycles. The number of piperidine rings is 1. The lowest BCUT2D eigenvalue weighted by molar-refractivity contribution is 0.154. The van der Waals surface area contributed by atoms with Crippen LogP contribution in [-0.4, -0.2) is 29.3 Å². The van der Waals surface area contributed by atoms with Crippen molar-refractivity contribution in [1.29, 1.82) is 0 Å². The van der Waals surface area contributed by atoms with Gasteiger partial charge in [0.25, 0.3) is 0 Å². The summed E-state index contributed by atoms with van der Waals surface area (Å²) in [4.78, 5) is 6.26. The lowest BCUT2D eigenvalue weighted by atomic mass is 10.1.